The van der Waals surface area contributed by atoms with Crippen molar-refractivity contribution < 1.29 is 27.9 Å². The molecule has 0 aliphatic heterocycles. The lowest BCUT2D eigenvalue weighted by Gasteiger charge is -2.08. The summed E-state index contributed by atoms with van der Waals surface area (Å²) in [5.41, 5.74) is -0.0940. The van der Waals surface area contributed by atoms with E-state index in [1.54, 1.807) is 12.1 Å². The van der Waals surface area contributed by atoms with E-state index in [2.05, 4.69) is 0 Å². The van der Waals surface area contributed by atoms with Gasteiger partial charge in [0.15, 0.2) is 0 Å². The first-order chi connectivity index (χ1) is 9.21. The molecule has 0 aromatic heterocycles. The lowest BCUT2D eigenvalue weighted by molar-refractivity contribution is -0.173. The van der Waals surface area contributed by atoms with Gasteiger partial charge in [0.05, 0.1) is 12.1 Å². The van der Waals surface area contributed by atoms with Crippen LogP contribution in [0.5, 0.6) is 0 Å². The van der Waals surface area contributed by atoms with Crippen LogP contribution in [-0.2, 0) is 9.59 Å². The first-order valence-electron chi connectivity index (χ1n) is 5.25. The molecule has 0 atom stereocenters. The number of alkyl halides is 3. The third-order valence-electron chi connectivity index (χ3n) is 2.21. The molecule has 2 N–H and O–H groups in total. The van der Waals surface area contributed by atoms with Gasteiger partial charge in [-0.25, -0.2) is 4.79 Å². The van der Waals surface area contributed by atoms with E-state index >= 15 is 0 Å². The summed E-state index contributed by atoms with van der Waals surface area (Å²) in [4.78, 5) is 21.6. The number of carboxylic acid groups (broad SMARTS) is 1. The summed E-state index contributed by atoms with van der Waals surface area (Å²) in [7, 11) is 0. The topological polar surface area (TPSA) is 66.4 Å². The van der Waals surface area contributed by atoms with Gasteiger partial charge >= 0.3 is 18.1 Å². The van der Waals surface area contributed by atoms with Gasteiger partial charge in [-0.2, -0.15) is 13.2 Å². The summed E-state index contributed by atoms with van der Waals surface area (Å²) in [5.74, 6) is -3.66. The Balaban J connectivity index is 2.89. The van der Waals surface area contributed by atoms with Gasteiger partial charge in [0.25, 0.3) is 0 Å². The molecule has 0 bridgehead atoms. The predicted octanol–water partition coefficient (Wildman–Crippen LogP) is 2.49. The van der Waals surface area contributed by atoms with Crippen LogP contribution in [0.15, 0.2) is 29.8 Å². The monoisotopic (exact) mass is 307 g/mol. The van der Waals surface area contributed by atoms with Gasteiger partial charge in [0, 0.05) is 5.02 Å². The standard InChI is InChI=1S/C12H9ClF3NO3/c13-9-4-2-1-3-7(9)5-8(10(18)19)6-17-11(20)12(14,15)16/h1-5H,6H2,(H,17,20)(H,18,19)/b8-5+. The maximum Gasteiger partial charge on any atom is 0.471 e. The molecule has 0 radical (unpaired) electrons. The first-order valence-corrected chi connectivity index (χ1v) is 5.63. The van der Waals surface area contributed by atoms with Gasteiger partial charge in [-0.15, -0.1) is 0 Å². The average Bonchev–Trinajstić information content (AvgIpc) is 2.34. The molecule has 0 saturated carbocycles. The minimum Gasteiger partial charge on any atom is -0.478 e. The van der Waals surface area contributed by atoms with E-state index in [1.807, 2.05) is 0 Å². The molecular formula is C12H9ClF3NO3. The smallest absolute Gasteiger partial charge is 0.471 e. The van der Waals surface area contributed by atoms with Crippen LogP contribution in [0.1, 0.15) is 5.56 Å². The second-order valence-corrected chi connectivity index (χ2v) is 4.08. The molecule has 1 rings (SSSR count). The Hall–Kier alpha value is -2.02. The van der Waals surface area contributed by atoms with E-state index in [1.165, 1.54) is 17.4 Å². The molecule has 0 fully saturated rings. The van der Waals surface area contributed by atoms with Crippen LogP contribution in [0.3, 0.4) is 0 Å². The zero-order valence-electron chi connectivity index (χ0n) is 9.87. The van der Waals surface area contributed by atoms with Crippen molar-refractivity contribution in [3.8, 4) is 0 Å². The molecule has 0 unspecified atom stereocenters. The van der Waals surface area contributed by atoms with Gasteiger partial charge in [0.1, 0.15) is 0 Å². The summed E-state index contributed by atoms with van der Waals surface area (Å²) in [5, 5.41) is 10.6. The Morgan fingerprint density at radius 1 is 1.30 bits per heavy atom. The first kappa shape index (κ1) is 16.0. The number of aliphatic carboxylic acids is 1. The fraction of sp³-hybridized carbons (Fsp3) is 0.167. The maximum atomic E-state index is 12.0. The highest BCUT2D eigenvalue weighted by Gasteiger charge is 2.38. The van der Waals surface area contributed by atoms with E-state index in [9.17, 15) is 22.8 Å². The largest absolute Gasteiger partial charge is 0.478 e. The fourth-order valence-corrected chi connectivity index (χ4v) is 1.43. The molecule has 4 nitrogen and oxygen atoms in total. The normalized spacial score (nSPS) is 12.1. The molecule has 1 amide bonds. The van der Waals surface area contributed by atoms with Gasteiger partial charge in [-0.05, 0) is 17.7 Å². The molecule has 1 aromatic rings. The number of carbonyl (C=O) groups is 2. The molecule has 20 heavy (non-hydrogen) atoms. The average molecular weight is 308 g/mol. The Morgan fingerprint density at radius 3 is 2.40 bits per heavy atom. The van der Waals surface area contributed by atoms with Crippen LogP contribution in [0, 0.1) is 0 Å². The summed E-state index contributed by atoms with van der Waals surface area (Å²) in [6.07, 6.45) is -3.96. The van der Waals surface area contributed by atoms with Crippen molar-refractivity contribution in [3.63, 3.8) is 0 Å². The van der Waals surface area contributed by atoms with Gasteiger partial charge in [0.2, 0.25) is 0 Å². The van der Waals surface area contributed by atoms with Gasteiger partial charge in [-0.1, -0.05) is 29.8 Å². The van der Waals surface area contributed by atoms with E-state index in [0.29, 0.717) is 5.56 Å². The Bertz CT molecular complexity index is 555. The highest BCUT2D eigenvalue weighted by molar-refractivity contribution is 6.32. The van der Waals surface area contributed by atoms with Crippen LogP contribution >= 0.6 is 11.6 Å². The number of nitrogens with one attached hydrogen (secondary N) is 1. The summed E-state index contributed by atoms with van der Waals surface area (Å²) < 4.78 is 36.0. The highest BCUT2D eigenvalue weighted by atomic mass is 35.5. The van der Waals surface area contributed by atoms with Crippen molar-refractivity contribution in [3.05, 3.63) is 40.4 Å². The molecule has 0 heterocycles. The number of hydrogen-bond donors (Lipinski definition) is 2. The fourth-order valence-electron chi connectivity index (χ4n) is 1.24. The number of carbonyl (C=O) groups excluding carboxylic acids is 1. The second kappa shape index (κ2) is 6.42. The minimum absolute atomic E-state index is 0.244. The highest BCUT2D eigenvalue weighted by Crippen LogP contribution is 2.18. The molecule has 0 saturated heterocycles. The van der Waals surface area contributed by atoms with Crippen LogP contribution in [0.4, 0.5) is 13.2 Å². The van der Waals surface area contributed by atoms with Crippen molar-refractivity contribution in [2.24, 2.45) is 0 Å². The molecule has 108 valence electrons. The van der Waals surface area contributed by atoms with Crippen molar-refractivity contribution in [2.45, 2.75) is 6.18 Å². The lowest BCUT2D eigenvalue weighted by Crippen LogP contribution is -2.38. The molecule has 0 aliphatic carbocycles. The Morgan fingerprint density at radius 2 is 1.90 bits per heavy atom. The van der Waals surface area contributed by atoms with E-state index in [-0.39, 0.29) is 5.02 Å². The van der Waals surface area contributed by atoms with Crippen molar-refractivity contribution in [1.82, 2.24) is 5.32 Å². The van der Waals surface area contributed by atoms with Crippen LogP contribution in [0.2, 0.25) is 5.02 Å². The van der Waals surface area contributed by atoms with Gasteiger partial charge in [-0.3, -0.25) is 4.79 Å². The predicted molar refractivity (Wildman–Crippen MR) is 66.1 cm³/mol. The SMILES string of the molecule is O=C(O)/C(=C/c1ccccc1Cl)CNC(=O)C(F)(F)F. The second-order valence-electron chi connectivity index (χ2n) is 3.68. The lowest BCUT2D eigenvalue weighted by atomic mass is 10.1. The third kappa shape index (κ3) is 4.58. The van der Waals surface area contributed by atoms with Gasteiger partial charge < -0.3 is 10.4 Å². The van der Waals surface area contributed by atoms with Crippen LogP contribution < -0.4 is 5.32 Å². The summed E-state index contributed by atoms with van der Waals surface area (Å²) in [6, 6.07) is 6.20. The van der Waals surface area contributed by atoms with Crippen molar-refractivity contribution >= 4 is 29.6 Å². The minimum atomic E-state index is -5.06. The number of carboxylic acids is 1. The Kier molecular flexibility index (Phi) is 5.15. The molecule has 0 spiro atoms. The zero-order valence-corrected chi connectivity index (χ0v) is 10.6. The number of amides is 1. The van der Waals surface area contributed by atoms with Crippen molar-refractivity contribution in [2.75, 3.05) is 6.54 Å². The number of halogens is 4. The number of hydrogen-bond acceptors (Lipinski definition) is 2. The Labute approximate surface area is 116 Å². The third-order valence-corrected chi connectivity index (χ3v) is 2.55. The van der Waals surface area contributed by atoms with Crippen molar-refractivity contribution in [1.29, 1.82) is 0 Å². The zero-order chi connectivity index (χ0) is 15.3. The summed E-state index contributed by atoms with van der Waals surface area (Å²) in [6.45, 7) is -0.765. The number of benzene rings is 1. The van der Waals surface area contributed by atoms with E-state index < -0.39 is 30.2 Å². The summed E-state index contributed by atoms with van der Waals surface area (Å²) >= 11 is 5.80. The molecule has 8 heteroatoms. The van der Waals surface area contributed by atoms with Crippen LogP contribution in [-0.4, -0.2) is 29.7 Å². The van der Waals surface area contributed by atoms with E-state index in [0.717, 1.165) is 6.08 Å². The number of rotatable bonds is 4. The quantitative estimate of drug-likeness (QED) is 0.840. The molecular weight excluding hydrogens is 299 g/mol. The molecule has 0 aliphatic rings. The van der Waals surface area contributed by atoms with E-state index in [4.69, 9.17) is 16.7 Å². The molecule has 1 aromatic carbocycles. The maximum absolute atomic E-state index is 12.0. The van der Waals surface area contributed by atoms with Crippen LogP contribution in [0.25, 0.3) is 6.08 Å².